The highest BCUT2D eigenvalue weighted by molar-refractivity contribution is 5.98. The zero-order chi connectivity index (χ0) is 15.8. The van der Waals surface area contributed by atoms with Gasteiger partial charge in [0.2, 0.25) is 0 Å². The van der Waals surface area contributed by atoms with E-state index < -0.39 is 17.7 Å². The Hall–Kier alpha value is -2.50. The van der Waals surface area contributed by atoms with Crippen molar-refractivity contribution in [1.29, 1.82) is 0 Å². The molecule has 2 aromatic rings. The number of para-hydroxylation sites is 1. The lowest BCUT2D eigenvalue weighted by Gasteiger charge is -2.16. The maximum atomic E-state index is 12.9. The molecule has 3 nitrogen and oxygen atoms in total. The number of alkyl halides is 3. The molecule has 0 atom stereocenters. The van der Waals surface area contributed by atoms with Gasteiger partial charge in [-0.1, -0.05) is 24.3 Å². The number of carboxylic acids is 1. The van der Waals surface area contributed by atoms with Gasteiger partial charge in [-0.25, -0.2) is 4.79 Å². The van der Waals surface area contributed by atoms with E-state index in [1.165, 1.54) is 37.3 Å². The van der Waals surface area contributed by atoms with Crippen LogP contribution in [0.5, 0.6) is 0 Å². The van der Waals surface area contributed by atoms with Gasteiger partial charge in [0.1, 0.15) is 0 Å². The van der Waals surface area contributed by atoms with E-state index in [9.17, 15) is 18.0 Å². The summed E-state index contributed by atoms with van der Waals surface area (Å²) in [5, 5.41) is 9.03. The van der Waals surface area contributed by atoms with Crippen molar-refractivity contribution in [2.24, 2.45) is 0 Å². The molecule has 0 amide bonds. The summed E-state index contributed by atoms with van der Waals surface area (Å²) in [6.45, 7) is 1.34. The molecule has 21 heavy (non-hydrogen) atoms. The molecule has 0 aliphatic heterocycles. The molecule has 0 heterocycles. The molecule has 0 aromatic heterocycles. The van der Waals surface area contributed by atoms with Crippen LogP contribution in [0.15, 0.2) is 36.4 Å². The lowest BCUT2D eigenvalue weighted by Crippen LogP contribution is -2.09. The fourth-order valence-electron chi connectivity index (χ4n) is 2.22. The number of carboxylic acid groups (broad SMARTS) is 1. The van der Waals surface area contributed by atoms with Crippen molar-refractivity contribution in [3.05, 3.63) is 53.1 Å². The maximum absolute atomic E-state index is 12.9. The van der Waals surface area contributed by atoms with Gasteiger partial charge in [0.15, 0.2) is 0 Å². The quantitative estimate of drug-likeness (QED) is 0.824. The van der Waals surface area contributed by atoms with Gasteiger partial charge in [0.05, 0.1) is 16.8 Å². The summed E-state index contributed by atoms with van der Waals surface area (Å²) in [5.41, 5.74) is 5.39. The van der Waals surface area contributed by atoms with E-state index in [0.29, 0.717) is 0 Å². The number of anilines is 1. The van der Waals surface area contributed by atoms with E-state index >= 15 is 0 Å². The third-order valence-corrected chi connectivity index (χ3v) is 3.27. The number of hydrogen-bond donors (Lipinski definition) is 2. The number of rotatable bonds is 2. The van der Waals surface area contributed by atoms with Gasteiger partial charge in [-0.2, -0.15) is 13.2 Å². The predicted molar refractivity (Wildman–Crippen MR) is 73.0 cm³/mol. The number of halogens is 3. The first-order valence-corrected chi connectivity index (χ1v) is 6.02. The molecular weight excluding hydrogens is 283 g/mol. The van der Waals surface area contributed by atoms with Gasteiger partial charge in [0, 0.05) is 5.56 Å². The first kappa shape index (κ1) is 14.9. The third-order valence-electron chi connectivity index (χ3n) is 3.27. The Morgan fingerprint density at radius 3 is 2.24 bits per heavy atom. The average Bonchev–Trinajstić information content (AvgIpc) is 2.38. The number of benzene rings is 2. The normalized spacial score (nSPS) is 11.4. The van der Waals surface area contributed by atoms with Crippen molar-refractivity contribution < 1.29 is 23.1 Å². The largest absolute Gasteiger partial charge is 0.478 e. The van der Waals surface area contributed by atoms with Gasteiger partial charge in [-0.05, 0) is 30.2 Å². The van der Waals surface area contributed by atoms with Crippen molar-refractivity contribution >= 4 is 11.7 Å². The van der Waals surface area contributed by atoms with Crippen molar-refractivity contribution in [1.82, 2.24) is 0 Å². The van der Waals surface area contributed by atoms with Gasteiger partial charge in [-0.3, -0.25) is 0 Å². The molecule has 0 radical (unpaired) electrons. The molecule has 2 aromatic carbocycles. The van der Waals surface area contributed by atoms with Crippen LogP contribution in [-0.4, -0.2) is 11.1 Å². The lowest BCUT2D eigenvalue weighted by atomic mass is 9.93. The van der Waals surface area contributed by atoms with Crippen molar-refractivity contribution in [3.63, 3.8) is 0 Å². The molecule has 0 bridgehead atoms. The summed E-state index contributed by atoms with van der Waals surface area (Å²) in [6, 6.07) is 8.01. The van der Waals surface area contributed by atoms with Crippen molar-refractivity contribution in [2.75, 3.05) is 5.73 Å². The highest BCUT2D eigenvalue weighted by Gasteiger charge is 2.33. The summed E-state index contributed by atoms with van der Waals surface area (Å²) in [6.07, 6.45) is -4.47. The van der Waals surface area contributed by atoms with Gasteiger partial charge >= 0.3 is 12.1 Å². The summed E-state index contributed by atoms with van der Waals surface area (Å²) >= 11 is 0. The molecule has 0 spiro atoms. The second kappa shape index (κ2) is 5.12. The highest BCUT2D eigenvalue weighted by atomic mass is 19.4. The molecule has 0 saturated heterocycles. The molecule has 0 aliphatic carbocycles. The minimum atomic E-state index is -4.47. The van der Waals surface area contributed by atoms with Gasteiger partial charge in [0.25, 0.3) is 0 Å². The highest BCUT2D eigenvalue weighted by Crippen LogP contribution is 2.38. The summed E-state index contributed by atoms with van der Waals surface area (Å²) < 4.78 is 38.8. The maximum Gasteiger partial charge on any atom is 0.416 e. The number of aromatic carboxylic acids is 1. The van der Waals surface area contributed by atoms with Gasteiger partial charge < -0.3 is 10.8 Å². The Morgan fingerprint density at radius 1 is 1.10 bits per heavy atom. The van der Waals surface area contributed by atoms with Crippen LogP contribution in [0.1, 0.15) is 21.5 Å². The first-order valence-electron chi connectivity index (χ1n) is 6.02. The Balaban J connectivity index is 2.69. The first-order chi connectivity index (χ1) is 9.73. The van der Waals surface area contributed by atoms with Crippen LogP contribution in [0, 0.1) is 6.92 Å². The lowest BCUT2D eigenvalue weighted by molar-refractivity contribution is -0.138. The molecule has 0 unspecified atom stereocenters. The third kappa shape index (κ3) is 2.69. The van der Waals surface area contributed by atoms with Crippen LogP contribution in [0.3, 0.4) is 0 Å². The molecule has 0 saturated carbocycles. The van der Waals surface area contributed by atoms with Crippen molar-refractivity contribution in [2.45, 2.75) is 13.1 Å². The molecular formula is C15H12F3NO2. The zero-order valence-electron chi connectivity index (χ0n) is 11.0. The molecule has 110 valence electrons. The number of hydrogen-bond acceptors (Lipinski definition) is 2. The summed E-state index contributed by atoms with van der Waals surface area (Å²) in [4.78, 5) is 11.1. The van der Waals surface area contributed by atoms with Crippen LogP contribution < -0.4 is 5.73 Å². The topological polar surface area (TPSA) is 63.3 Å². The molecule has 0 aliphatic rings. The predicted octanol–water partition coefficient (Wildman–Crippen LogP) is 3.96. The zero-order valence-corrected chi connectivity index (χ0v) is 11.0. The second-order valence-corrected chi connectivity index (χ2v) is 4.55. The number of nitrogen functional groups attached to an aromatic ring is 1. The molecule has 0 fully saturated rings. The van der Waals surface area contributed by atoms with Crippen LogP contribution >= 0.6 is 0 Å². The fourth-order valence-corrected chi connectivity index (χ4v) is 2.22. The SMILES string of the molecule is Cc1c(-c2cccc(C(=O)O)c2N)cccc1C(F)(F)F. The summed E-state index contributed by atoms with van der Waals surface area (Å²) in [7, 11) is 0. The van der Waals surface area contributed by atoms with E-state index in [-0.39, 0.29) is 27.9 Å². The molecule has 6 heteroatoms. The standard InChI is InChI=1S/C15H12F3NO2/c1-8-9(4-3-7-12(8)15(16,17)18)10-5-2-6-11(13(10)19)14(20)21/h2-7H,19H2,1H3,(H,20,21). The average molecular weight is 295 g/mol. The van der Waals surface area contributed by atoms with E-state index in [4.69, 9.17) is 10.8 Å². The summed E-state index contributed by atoms with van der Waals surface area (Å²) in [5.74, 6) is -1.22. The number of nitrogens with two attached hydrogens (primary N) is 1. The monoisotopic (exact) mass is 295 g/mol. The van der Waals surface area contributed by atoms with Crippen molar-refractivity contribution in [3.8, 4) is 11.1 Å². The fraction of sp³-hybridized carbons (Fsp3) is 0.133. The smallest absolute Gasteiger partial charge is 0.416 e. The Kier molecular flexibility index (Phi) is 3.63. The number of carbonyl (C=O) groups is 1. The van der Waals surface area contributed by atoms with Crippen LogP contribution in [0.2, 0.25) is 0 Å². The van der Waals surface area contributed by atoms with E-state index in [1.54, 1.807) is 0 Å². The Morgan fingerprint density at radius 2 is 1.67 bits per heavy atom. The second-order valence-electron chi connectivity index (χ2n) is 4.55. The molecule has 3 N–H and O–H groups in total. The molecule has 2 rings (SSSR count). The minimum Gasteiger partial charge on any atom is -0.478 e. The Bertz CT molecular complexity index is 709. The van der Waals surface area contributed by atoms with E-state index in [1.807, 2.05) is 0 Å². The van der Waals surface area contributed by atoms with E-state index in [0.717, 1.165) is 6.07 Å². The van der Waals surface area contributed by atoms with Crippen LogP contribution in [-0.2, 0) is 6.18 Å². The van der Waals surface area contributed by atoms with E-state index in [2.05, 4.69) is 0 Å². The Labute approximate surface area is 118 Å². The van der Waals surface area contributed by atoms with Crippen LogP contribution in [0.4, 0.5) is 18.9 Å². The minimum absolute atomic E-state index is 0.0132. The van der Waals surface area contributed by atoms with Gasteiger partial charge in [-0.15, -0.1) is 0 Å². The van der Waals surface area contributed by atoms with Crippen LogP contribution in [0.25, 0.3) is 11.1 Å².